The molecule has 0 saturated carbocycles. The Kier molecular flexibility index (Phi) is 14.6. The summed E-state index contributed by atoms with van der Waals surface area (Å²) in [5.74, 6) is 4.07. The number of hydrogen-bond donors (Lipinski definition) is 0. The van der Waals surface area contributed by atoms with Crippen LogP contribution in [0.4, 0.5) is 0 Å². The molecule has 0 bridgehead atoms. The summed E-state index contributed by atoms with van der Waals surface area (Å²) in [4.78, 5) is 0. The molecule has 512 valence electrons. The van der Waals surface area contributed by atoms with E-state index in [1.54, 1.807) is 0 Å². The summed E-state index contributed by atoms with van der Waals surface area (Å²) in [7, 11) is 0. The second-order valence-corrected chi connectivity index (χ2v) is 30.6. The molecule has 8 nitrogen and oxygen atoms in total. The van der Waals surface area contributed by atoms with Gasteiger partial charge in [-0.05, 0) is 137 Å². The summed E-state index contributed by atoms with van der Waals surface area (Å²) in [5, 5.41) is 18.2. The maximum atomic E-state index is 6.18. The van der Waals surface area contributed by atoms with Crippen molar-refractivity contribution < 1.29 is 37.2 Å². The highest BCUT2D eigenvalue weighted by molar-refractivity contribution is 6.11. The highest BCUT2D eigenvalue weighted by Crippen LogP contribution is 2.58. The molecule has 12 aromatic carbocycles. The molecule has 16 aromatic rings. The topological polar surface area (TPSA) is 52.4 Å². The monoisotopic (exact) mass is 1360 g/mol. The average Bonchev–Trinajstić information content (AvgIpc) is 1.56. The van der Waals surface area contributed by atoms with Gasteiger partial charge in [0.2, 0.25) is 33.8 Å². The van der Waals surface area contributed by atoms with Gasteiger partial charge in [0.1, 0.15) is 23.0 Å². The van der Waals surface area contributed by atoms with E-state index in [0.717, 1.165) is 23.0 Å². The van der Waals surface area contributed by atoms with Crippen molar-refractivity contribution in [2.45, 2.75) is 134 Å². The number of nitrogens with zero attached hydrogens (tertiary/aromatic N) is 4. The molecule has 0 N–H and O–H groups in total. The van der Waals surface area contributed by atoms with Gasteiger partial charge in [0.25, 0.3) is 26.9 Å². The third kappa shape index (κ3) is 8.78. The fraction of sp³-hybridized carbons (Fsp3) is 0.208. The first-order chi connectivity index (χ1) is 48.6. The minimum Gasteiger partial charge on any atom is -0.435 e. The summed E-state index contributed by atoms with van der Waals surface area (Å²) in [6.45, 7) is 21.0. The van der Waals surface area contributed by atoms with Crippen molar-refractivity contribution in [1.29, 1.82) is 0 Å². The first-order valence-electron chi connectivity index (χ1n) is 35.2. The molecule has 4 aliphatic heterocycles. The van der Waals surface area contributed by atoms with Crippen LogP contribution in [0.15, 0.2) is 243 Å². The molecule has 8 heteroatoms. The number of hydrogen-bond acceptors (Lipinski definition) is 4. The van der Waals surface area contributed by atoms with Crippen molar-refractivity contribution in [3.05, 3.63) is 287 Å². The third-order valence-electron chi connectivity index (χ3n) is 23.9. The van der Waals surface area contributed by atoms with E-state index < -0.39 is 0 Å². The lowest BCUT2D eigenvalue weighted by Crippen LogP contribution is -2.43. The van der Waals surface area contributed by atoms with E-state index in [9.17, 15) is 0 Å². The minimum absolute atomic E-state index is 0. The molecule has 0 atom stereocenters. The molecule has 8 aliphatic rings. The van der Waals surface area contributed by atoms with Gasteiger partial charge in [0.05, 0.1) is 38.4 Å². The second-order valence-electron chi connectivity index (χ2n) is 30.6. The molecular weight excluding hydrogens is 1270 g/mol. The Morgan fingerprint density at radius 1 is 0.260 bits per heavy atom. The van der Waals surface area contributed by atoms with E-state index in [1.165, 1.54) is 176 Å². The standard InChI is InChI=1S/4C23H18NO.4CH4/c1-23(2)18-8-5-9-19-20(18)22-21(23)17-11-15-7-4-3-6-14(15)10-16(17)12-24(22)13-25-19;1-23(2)17-8-5-9-19-20(17)22-18(23)12-15-11-10-14-6-3-4-7-16(14)21(15)24(22)13-25-19;1-23(2)17-8-5-9-20-21(17)22-18(23)12-16-15-7-4-3-6-14(15)10-11-19(16)24(22)13-25-20;1-23(2)18-8-5-9-19-20(18)22-21(23)16-11-10-14-6-3-4-7-15(14)17(16)12-24(22)13-25-19;;;;/h4*3-12H,13H2,1-2H3;4*1H4/q4*+1;;;;. The van der Waals surface area contributed by atoms with Crippen molar-refractivity contribution in [2.75, 3.05) is 0 Å². The fourth-order valence-corrected chi connectivity index (χ4v) is 19.1. The van der Waals surface area contributed by atoms with Gasteiger partial charge in [-0.3, -0.25) is 0 Å². The molecule has 0 amide bonds. The van der Waals surface area contributed by atoms with Gasteiger partial charge < -0.3 is 18.9 Å². The lowest BCUT2D eigenvalue weighted by atomic mass is 9.80. The van der Waals surface area contributed by atoms with Crippen LogP contribution in [0.1, 0.15) is 130 Å². The van der Waals surface area contributed by atoms with Gasteiger partial charge in [-0.2, -0.15) is 18.3 Å². The molecule has 4 aromatic heterocycles. The molecule has 8 heterocycles. The number of fused-ring (bicyclic) bond motifs is 15. The highest BCUT2D eigenvalue weighted by atomic mass is 16.5. The molecule has 0 spiro atoms. The number of ether oxygens (including phenoxy) is 4. The summed E-state index contributed by atoms with van der Waals surface area (Å²) >= 11 is 0. The van der Waals surface area contributed by atoms with E-state index in [-0.39, 0.29) is 51.4 Å². The van der Waals surface area contributed by atoms with E-state index >= 15 is 0 Å². The normalized spacial score (nSPS) is 15.5. The van der Waals surface area contributed by atoms with Crippen LogP contribution in [0.25, 0.3) is 131 Å². The van der Waals surface area contributed by atoms with Gasteiger partial charge in [0.15, 0.2) is 12.4 Å². The third-order valence-corrected chi connectivity index (χ3v) is 23.9. The zero-order valence-electron chi connectivity index (χ0n) is 57.3. The zero-order chi connectivity index (χ0) is 67.0. The minimum atomic E-state index is -0.0297. The Hall–Kier alpha value is -11.5. The highest BCUT2D eigenvalue weighted by Gasteiger charge is 2.51. The van der Waals surface area contributed by atoms with Gasteiger partial charge >= 0.3 is 0 Å². The SMILES string of the molecule is C.C.C.C.CC1(C)c2cccc3c2-c2c1c1cc4ccccc4cc1c[n+]2CO3.CC1(C)c2cccc3c2-c2c1c1ccc4ccccc4c1c[n+]2CO3.CC1(C)c2cccc3c2-c2c1cc1c4ccccc4ccc1[n+]2CO3.CC1(C)c2cccc3c2-c2c1cc1ccc4ccccc4c1[n+]2CO3. The summed E-state index contributed by atoms with van der Waals surface area (Å²) in [6.07, 6.45) is 4.53. The second kappa shape index (κ2) is 23.0. The molecule has 4 aliphatic carbocycles. The van der Waals surface area contributed by atoms with Gasteiger partial charge in [-0.15, -0.1) is 0 Å². The Labute approximate surface area is 609 Å². The number of aromatic nitrogens is 4. The van der Waals surface area contributed by atoms with E-state index in [2.05, 4.69) is 317 Å². The molecule has 0 unspecified atom stereocenters. The lowest BCUT2D eigenvalue weighted by molar-refractivity contribution is -0.716. The quantitative estimate of drug-likeness (QED) is 0.0863. The summed E-state index contributed by atoms with van der Waals surface area (Å²) in [5.41, 5.74) is 24.1. The van der Waals surface area contributed by atoms with Crippen LogP contribution < -0.4 is 37.2 Å². The Morgan fingerprint density at radius 2 is 0.663 bits per heavy atom. The number of rotatable bonds is 0. The fourth-order valence-electron chi connectivity index (χ4n) is 19.1. The zero-order valence-corrected chi connectivity index (χ0v) is 57.3. The number of benzene rings is 12. The predicted molar refractivity (Wildman–Crippen MR) is 426 cm³/mol. The van der Waals surface area contributed by atoms with Crippen molar-refractivity contribution in [3.63, 3.8) is 0 Å². The van der Waals surface area contributed by atoms with Crippen LogP contribution in [-0.4, -0.2) is 0 Å². The van der Waals surface area contributed by atoms with E-state index in [1.807, 2.05) is 0 Å². The predicted octanol–water partition coefficient (Wildman–Crippen LogP) is 22.3. The first kappa shape index (κ1) is 65.8. The largest absolute Gasteiger partial charge is 0.435 e. The summed E-state index contributed by atoms with van der Waals surface area (Å²) < 4.78 is 33.8. The van der Waals surface area contributed by atoms with E-state index in [4.69, 9.17) is 18.9 Å². The van der Waals surface area contributed by atoms with Gasteiger partial charge in [-0.1, -0.05) is 243 Å². The van der Waals surface area contributed by atoms with Crippen LogP contribution in [0, 0.1) is 0 Å². The maximum Gasteiger partial charge on any atom is 0.293 e. The average molecular weight is 1360 g/mol. The van der Waals surface area contributed by atoms with Crippen LogP contribution in [0.3, 0.4) is 0 Å². The van der Waals surface area contributed by atoms with Gasteiger partial charge in [0, 0.05) is 60.8 Å². The molecule has 0 fully saturated rings. The lowest BCUT2D eigenvalue weighted by Gasteiger charge is -2.21. The van der Waals surface area contributed by atoms with Crippen LogP contribution >= 0.6 is 0 Å². The van der Waals surface area contributed by atoms with Crippen molar-refractivity contribution in [1.82, 2.24) is 0 Å². The van der Waals surface area contributed by atoms with Crippen LogP contribution in [0.2, 0.25) is 0 Å². The Balaban J connectivity index is 0.000000101. The maximum absolute atomic E-state index is 6.18. The smallest absolute Gasteiger partial charge is 0.293 e. The Morgan fingerprint density at radius 3 is 1.23 bits per heavy atom. The van der Waals surface area contributed by atoms with Crippen LogP contribution in [-0.2, 0) is 48.6 Å². The Bertz CT molecular complexity index is 6300. The summed E-state index contributed by atoms with van der Waals surface area (Å²) in [6, 6.07) is 83.4. The van der Waals surface area contributed by atoms with Crippen molar-refractivity contribution >= 4 is 86.4 Å². The first-order valence-corrected chi connectivity index (χ1v) is 35.2. The van der Waals surface area contributed by atoms with Gasteiger partial charge in [-0.25, -0.2) is 0 Å². The van der Waals surface area contributed by atoms with E-state index in [0.29, 0.717) is 26.9 Å². The molecule has 0 saturated heterocycles. The van der Waals surface area contributed by atoms with Crippen LogP contribution in [0.5, 0.6) is 23.0 Å². The number of pyridine rings is 4. The molecule has 24 rings (SSSR count). The molecule has 0 radical (unpaired) electrons. The van der Waals surface area contributed by atoms with Crippen molar-refractivity contribution in [3.8, 4) is 68.0 Å². The molecular formula is C96H88N4O4+4. The van der Waals surface area contributed by atoms with Crippen molar-refractivity contribution in [2.24, 2.45) is 0 Å². The molecule has 104 heavy (non-hydrogen) atoms.